The number of halogens is 3. The van der Waals surface area contributed by atoms with E-state index in [9.17, 15) is 13.2 Å². The molecule has 0 heterocycles. The highest BCUT2D eigenvalue weighted by Crippen LogP contribution is 2.17. The van der Waals surface area contributed by atoms with Gasteiger partial charge in [-0.15, -0.1) is 0 Å². The predicted molar refractivity (Wildman–Crippen MR) is 59.9 cm³/mol. The fourth-order valence-electron chi connectivity index (χ4n) is 1.26. The minimum Gasteiger partial charge on any atom is -0.308 e. The van der Waals surface area contributed by atoms with Gasteiger partial charge < -0.3 is 5.43 Å². The standard InChI is InChI=1S/C11H14F3N3/c1-11(2,3)16-10(17-15)9-7(13)4-6(12)5-8(9)14/h4-5H,15H2,1-3H3,(H,16,17). The SMILES string of the molecule is CC(C)(C)N=C(NN)c1c(F)cc(F)cc1F. The summed E-state index contributed by atoms with van der Waals surface area (Å²) in [6, 6.07) is 1.15. The third kappa shape index (κ3) is 3.45. The lowest BCUT2D eigenvalue weighted by Crippen LogP contribution is -2.35. The first-order valence-electron chi connectivity index (χ1n) is 4.96. The Morgan fingerprint density at radius 2 is 1.65 bits per heavy atom. The molecule has 0 saturated carbocycles. The van der Waals surface area contributed by atoms with Crippen LogP contribution in [0.2, 0.25) is 0 Å². The second-order valence-electron chi connectivity index (χ2n) is 4.52. The van der Waals surface area contributed by atoms with Crippen LogP contribution in [0.3, 0.4) is 0 Å². The van der Waals surface area contributed by atoms with Gasteiger partial charge >= 0.3 is 0 Å². The van der Waals surface area contributed by atoms with Crippen LogP contribution in [0.25, 0.3) is 0 Å². The number of rotatable bonds is 1. The molecule has 1 aromatic carbocycles. The van der Waals surface area contributed by atoms with Crippen LogP contribution in [-0.2, 0) is 0 Å². The summed E-state index contributed by atoms with van der Waals surface area (Å²) < 4.78 is 39.7. The van der Waals surface area contributed by atoms with Crippen molar-refractivity contribution in [3.8, 4) is 0 Å². The Kier molecular flexibility index (Phi) is 3.77. The summed E-state index contributed by atoms with van der Waals surface area (Å²) >= 11 is 0. The van der Waals surface area contributed by atoms with Crippen LogP contribution in [0.5, 0.6) is 0 Å². The smallest absolute Gasteiger partial charge is 0.149 e. The van der Waals surface area contributed by atoms with Crippen molar-refractivity contribution >= 4 is 5.84 Å². The van der Waals surface area contributed by atoms with E-state index < -0.39 is 28.6 Å². The van der Waals surface area contributed by atoms with Gasteiger partial charge in [0.2, 0.25) is 0 Å². The van der Waals surface area contributed by atoms with Gasteiger partial charge in [-0.3, -0.25) is 4.99 Å². The lowest BCUT2D eigenvalue weighted by Gasteiger charge is -2.16. The number of amidine groups is 1. The quantitative estimate of drug-likeness (QED) is 0.344. The van der Waals surface area contributed by atoms with Gasteiger partial charge in [0, 0.05) is 12.1 Å². The number of benzene rings is 1. The summed E-state index contributed by atoms with van der Waals surface area (Å²) in [5.41, 5.74) is 1.08. The zero-order chi connectivity index (χ0) is 13.2. The van der Waals surface area contributed by atoms with Crippen LogP contribution in [0, 0.1) is 17.5 Å². The summed E-state index contributed by atoms with van der Waals surface area (Å²) in [5, 5.41) is 0. The fraction of sp³-hybridized carbons (Fsp3) is 0.364. The zero-order valence-electron chi connectivity index (χ0n) is 9.81. The number of nitrogens with one attached hydrogen (secondary N) is 1. The third-order valence-corrected chi connectivity index (χ3v) is 1.83. The summed E-state index contributed by atoms with van der Waals surface area (Å²) in [7, 11) is 0. The predicted octanol–water partition coefficient (Wildman–Crippen LogP) is 2.11. The molecule has 0 spiro atoms. The summed E-state index contributed by atoms with van der Waals surface area (Å²) in [6.07, 6.45) is 0. The molecule has 0 aliphatic heterocycles. The molecular formula is C11H14F3N3. The maximum Gasteiger partial charge on any atom is 0.149 e. The van der Waals surface area contributed by atoms with Gasteiger partial charge in [0.05, 0.1) is 11.1 Å². The van der Waals surface area contributed by atoms with Crippen molar-refractivity contribution < 1.29 is 13.2 Å². The minimum atomic E-state index is -1.05. The van der Waals surface area contributed by atoms with Crippen LogP contribution in [0.1, 0.15) is 26.3 Å². The van der Waals surface area contributed by atoms with Crippen LogP contribution in [0.15, 0.2) is 17.1 Å². The van der Waals surface area contributed by atoms with E-state index in [1.165, 1.54) is 0 Å². The number of aliphatic imine (C=N–C) groups is 1. The summed E-state index contributed by atoms with van der Waals surface area (Å²) in [4.78, 5) is 4.03. The van der Waals surface area contributed by atoms with E-state index in [0.717, 1.165) is 0 Å². The molecule has 1 aromatic rings. The van der Waals surface area contributed by atoms with E-state index in [4.69, 9.17) is 5.84 Å². The van der Waals surface area contributed by atoms with Crippen molar-refractivity contribution in [2.24, 2.45) is 10.8 Å². The number of nitrogens with two attached hydrogens (primary N) is 1. The number of hydrazine groups is 1. The van der Waals surface area contributed by atoms with E-state index in [0.29, 0.717) is 12.1 Å². The molecule has 3 N–H and O–H groups in total. The van der Waals surface area contributed by atoms with E-state index in [1.807, 2.05) is 0 Å². The Bertz CT molecular complexity index is 427. The molecule has 0 bridgehead atoms. The van der Waals surface area contributed by atoms with Crippen molar-refractivity contribution in [1.82, 2.24) is 5.43 Å². The second-order valence-corrected chi connectivity index (χ2v) is 4.52. The molecule has 0 fully saturated rings. The Morgan fingerprint density at radius 3 is 2.00 bits per heavy atom. The normalized spacial score (nSPS) is 12.8. The van der Waals surface area contributed by atoms with Gasteiger partial charge in [0.15, 0.2) is 0 Å². The maximum absolute atomic E-state index is 13.5. The molecule has 0 unspecified atom stereocenters. The van der Waals surface area contributed by atoms with Gasteiger partial charge in [0.1, 0.15) is 23.3 Å². The molecule has 0 aromatic heterocycles. The van der Waals surface area contributed by atoms with Crippen LogP contribution >= 0.6 is 0 Å². The summed E-state index contributed by atoms with van der Waals surface area (Å²) in [6.45, 7) is 5.22. The fourth-order valence-corrected chi connectivity index (χ4v) is 1.26. The first-order chi connectivity index (χ1) is 7.74. The lowest BCUT2D eigenvalue weighted by atomic mass is 10.1. The Morgan fingerprint density at radius 1 is 1.18 bits per heavy atom. The molecule has 1 rings (SSSR count). The maximum atomic E-state index is 13.5. The monoisotopic (exact) mass is 245 g/mol. The largest absolute Gasteiger partial charge is 0.308 e. The van der Waals surface area contributed by atoms with Gasteiger partial charge in [-0.25, -0.2) is 19.0 Å². The Labute approximate surface area is 97.5 Å². The number of hydrogen-bond donors (Lipinski definition) is 2. The second kappa shape index (κ2) is 4.75. The molecule has 17 heavy (non-hydrogen) atoms. The molecule has 0 amide bonds. The molecular weight excluding hydrogens is 231 g/mol. The van der Waals surface area contributed by atoms with E-state index >= 15 is 0 Å². The van der Waals surface area contributed by atoms with Crippen molar-refractivity contribution in [3.63, 3.8) is 0 Å². The minimum absolute atomic E-state index is 0.160. The van der Waals surface area contributed by atoms with Crippen molar-refractivity contribution in [1.29, 1.82) is 0 Å². The topological polar surface area (TPSA) is 50.4 Å². The summed E-state index contributed by atoms with van der Waals surface area (Å²) in [5.74, 6) is 1.93. The van der Waals surface area contributed by atoms with E-state index in [1.54, 1.807) is 20.8 Å². The molecule has 0 aliphatic rings. The molecule has 94 valence electrons. The lowest BCUT2D eigenvalue weighted by molar-refractivity contribution is 0.536. The van der Waals surface area contributed by atoms with Crippen molar-refractivity contribution in [3.05, 3.63) is 35.1 Å². The zero-order valence-corrected chi connectivity index (χ0v) is 9.81. The molecule has 6 heteroatoms. The molecule has 0 aliphatic carbocycles. The van der Waals surface area contributed by atoms with Crippen LogP contribution in [-0.4, -0.2) is 11.4 Å². The van der Waals surface area contributed by atoms with E-state index in [-0.39, 0.29) is 5.84 Å². The molecule has 3 nitrogen and oxygen atoms in total. The Balaban J connectivity index is 3.36. The van der Waals surface area contributed by atoms with Gasteiger partial charge in [0.25, 0.3) is 0 Å². The molecule has 0 saturated heterocycles. The number of nitrogens with zero attached hydrogens (tertiary/aromatic N) is 1. The average Bonchev–Trinajstić information content (AvgIpc) is 2.12. The highest BCUT2D eigenvalue weighted by Gasteiger charge is 2.19. The van der Waals surface area contributed by atoms with Crippen molar-refractivity contribution in [2.75, 3.05) is 0 Å². The van der Waals surface area contributed by atoms with Gasteiger partial charge in [-0.2, -0.15) is 0 Å². The van der Waals surface area contributed by atoms with Crippen molar-refractivity contribution in [2.45, 2.75) is 26.3 Å². The van der Waals surface area contributed by atoms with Crippen LogP contribution in [0.4, 0.5) is 13.2 Å². The average molecular weight is 245 g/mol. The highest BCUT2D eigenvalue weighted by atomic mass is 19.1. The Hall–Kier alpha value is -1.56. The van der Waals surface area contributed by atoms with Gasteiger partial charge in [-0.1, -0.05) is 0 Å². The highest BCUT2D eigenvalue weighted by molar-refractivity contribution is 5.99. The van der Waals surface area contributed by atoms with E-state index in [2.05, 4.69) is 10.4 Å². The third-order valence-electron chi connectivity index (χ3n) is 1.83. The first-order valence-corrected chi connectivity index (χ1v) is 4.96. The number of hydrogen-bond acceptors (Lipinski definition) is 2. The first kappa shape index (κ1) is 13.5. The van der Waals surface area contributed by atoms with Gasteiger partial charge in [-0.05, 0) is 20.8 Å². The molecule has 0 atom stereocenters. The van der Waals surface area contributed by atoms with Crippen LogP contribution < -0.4 is 11.3 Å². The molecule has 0 radical (unpaired) electrons.